The zero-order valence-corrected chi connectivity index (χ0v) is 11.4. The molecule has 2 heterocycles. The highest BCUT2D eigenvalue weighted by Crippen LogP contribution is 2.23. The van der Waals surface area contributed by atoms with Crippen LogP contribution >= 0.6 is 0 Å². The van der Waals surface area contributed by atoms with Crippen molar-refractivity contribution in [2.75, 3.05) is 5.32 Å². The number of nitrogens with one attached hydrogen (secondary N) is 2. The van der Waals surface area contributed by atoms with E-state index in [0.717, 1.165) is 23.1 Å². The first-order chi connectivity index (χ1) is 10.4. The second-order valence-electron chi connectivity index (χ2n) is 5.00. The average Bonchev–Trinajstić information content (AvgIpc) is 3.02. The molecule has 21 heavy (non-hydrogen) atoms. The summed E-state index contributed by atoms with van der Waals surface area (Å²) < 4.78 is 0. The molecule has 0 radical (unpaired) electrons. The van der Waals surface area contributed by atoms with Crippen molar-refractivity contribution in [2.45, 2.75) is 6.54 Å². The summed E-state index contributed by atoms with van der Waals surface area (Å²) in [7, 11) is 0. The molecule has 0 fully saturated rings. The van der Waals surface area contributed by atoms with Crippen molar-refractivity contribution in [3.8, 4) is 0 Å². The SMILES string of the molecule is c1cc(CNc2cccc3[nH]ncc23)c2ccncc2c1. The van der Waals surface area contributed by atoms with Crippen LogP contribution in [0.3, 0.4) is 0 Å². The van der Waals surface area contributed by atoms with Gasteiger partial charge in [-0.2, -0.15) is 5.10 Å². The van der Waals surface area contributed by atoms with Crippen LogP contribution < -0.4 is 5.32 Å². The molecular weight excluding hydrogens is 260 g/mol. The molecule has 0 bridgehead atoms. The van der Waals surface area contributed by atoms with Crippen LogP contribution in [0.25, 0.3) is 21.7 Å². The lowest BCUT2D eigenvalue weighted by Crippen LogP contribution is -2.00. The van der Waals surface area contributed by atoms with E-state index in [-0.39, 0.29) is 0 Å². The van der Waals surface area contributed by atoms with Crippen LogP contribution in [0.15, 0.2) is 61.1 Å². The first-order valence-corrected chi connectivity index (χ1v) is 6.89. The van der Waals surface area contributed by atoms with Gasteiger partial charge in [0.05, 0.1) is 11.7 Å². The van der Waals surface area contributed by atoms with Crippen LogP contribution in [0.2, 0.25) is 0 Å². The standard InChI is InChI=1S/C17H14N4/c1-3-12-9-18-8-7-14(12)13(4-1)10-19-16-5-2-6-17-15(16)11-20-21-17/h1-9,11,19H,10H2,(H,20,21). The summed E-state index contributed by atoms with van der Waals surface area (Å²) in [4.78, 5) is 4.17. The Labute approximate surface area is 121 Å². The van der Waals surface area contributed by atoms with Crippen LogP contribution in [0.5, 0.6) is 0 Å². The van der Waals surface area contributed by atoms with Crippen LogP contribution in [-0.4, -0.2) is 15.2 Å². The topological polar surface area (TPSA) is 53.6 Å². The smallest absolute Gasteiger partial charge is 0.0671 e. The summed E-state index contributed by atoms with van der Waals surface area (Å²) >= 11 is 0. The van der Waals surface area contributed by atoms with Crippen LogP contribution in [0, 0.1) is 0 Å². The molecule has 0 saturated heterocycles. The number of rotatable bonds is 3. The molecule has 102 valence electrons. The van der Waals surface area contributed by atoms with E-state index in [1.165, 1.54) is 16.3 Å². The fourth-order valence-electron chi connectivity index (χ4n) is 2.66. The van der Waals surface area contributed by atoms with Crippen LogP contribution in [0.4, 0.5) is 5.69 Å². The molecule has 0 spiro atoms. The number of nitrogens with zero attached hydrogens (tertiary/aromatic N) is 2. The highest BCUT2D eigenvalue weighted by atomic mass is 15.1. The quantitative estimate of drug-likeness (QED) is 0.598. The van der Waals surface area contributed by atoms with Gasteiger partial charge in [-0.25, -0.2) is 0 Å². The zero-order valence-electron chi connectivity index (χ0n) is 11.4. The zero-order chi connectivity index (χ0) is 14.1. The Bertz CT molecular complexity index is 905. The van der Waals surface area contributed by atoms with Gasteiger partial charge in [-0.15, -0.1) is 0 Å². The molecule has 4 rings (SSSR count). The number of pyridine rings is 1. The van der Waals surface area contributed by atoms with Crippen LogP contribution in [0.1, 0.15) is 5.56 Å². The third kappa shape index (κ3) is 2.10. The maximum absolute atomic E-state index is 4.17. The molecule has 0 aliphatic heterocycles. The van der Waals surface area contributed by atoms with E-state index in [9.17, 15) is 0 Å². The molecule has 0 atom stereocenters. The van der Waals surface area contributed by atoms with Crippen molar-refractivity contribution < 1.29 is 0 Å². The lowest BCUT2D eigenvalue weighted by molar-refractivity contribution is 1.12. The Kier molecular flexibility index (Phi) is 2.78. The van der Waals surface area contributed by atoms with Gasteiger partial charge in [-0.3, -0.25) is 10.1 Å². The largest absolute Gasteiger partial charge is 0.380 e. The molecule has 0 aliphatic rings. The van der Waals surface area contributed by atoms with Crippen molar-refractivity contribution in [1.29, 1.82) is 0 Å². The van der Waals surface area contributed by atoms with Gasteiger partial charge in [-0.1, -0.05) is 24.3 Å². The molecular formula is C17H14N4. The Morgan fingerprint density at radius 1 is 0.952 bits per heavy atom. The Morgan fingerprint density at radius 2 is 1.90 bits per heavy atom. The maximum Gasteiger partial charge on any atom is 0.0671 e. The highest BCUT2D eigenvalue weighted by molar-refractivity contribution is 5.91. The fraction of sp³-hybridized carbons (Fsp3) is 0.0588. The number of hydrogen-bond donors (Lipinski definition) is 2. The van der Waals surface area contributed by atoms with Crippen molar-refractivity contribution >= 4 is 27.4 Å². The van der Waals surface area contributed by atoms with Gasteiger partial charge in [0.2, 0.25) is 0 Å². The summed E-state index contributed by atoms with van der Waals surface area (Å²) in [6.45, 7) is 0.769. The monoisotopic (exact) mass is 274 g/mol. The molecule has 4 heteroatoms. The Hall–Kier alpha value is -2.88. The number of hydrogen-bond acceptors (Lipinski definition) is 3. The van der Waals surface area contributed by atoms with Crippen molar-refractivity contribution in [1.82, 2.24) is 15.2 Å². The van der Waals surface area contributed by atoms with E-state index in [1.54, 1.807) is 0 Å². The Balaban J connectivity index is 1.68. The number of anilines is 1. The molecule has 2 N–H and O–H groups in total. The number of aromatic nitrogens is 3. The first kappa shape index (κ1) is 11.9. The summed E-state index contributed by atoms with van der Waals surface area (Å²) in [5.74, 6) is 0. The molecule has 0 amide bonds. The van der Waals surface area contributed by atoms with Crippen molar-refractivity contribution in [3.05, 3.63) is 66.6 Å². The molecule has 4 aromatic rings. The van der Waals surface area contributed by atoms with E-state index in [4.69, 9.17) is 0 Å². The van der Waals surface area contributed by atoms with E-state index in [2.05, 4.69) is 50.8 Å². The Morgan fingerprint density at radius 3 is 2.90 bits per heavy atom. The van der Waals surface area contributed by atoms with E-state index in [1.807, 2.05) is 30.7 Å². The molecule has 0 unspecified atom stereocenters. The lowest BCUT2D eigenvalue weighted by atomic mass is 10.1. The van der Waals surface area contributed by atoms with E-state index in [0.29, 0.717) is 0 Å². The summed E-state index contributed by atoms with van der Waals surface area (Å²) in [5.41, 5.74) is 3.39. The van der Waals surface area contributed by atoms with Gasteiger partial charge in [0, 0.05) is 35.4 Å². The predicted molar refractivity (Wildman–Crippen MR) is 85.2 cm³/mol. The third-order valence-corrected chi connectivity index (χ3v) is 3.73. The van der Waals surface area contributed by atoms with Crippen molar-refractivity contribution in [3.63, 3.8) is 0 Å². The second-order valence-corrected chi connectivity index (χ2v) is 5.00. The maximum atomic E-state index is 4.17. The third-order valence-electron chi connectivity index (χ3n) is 3.73. The molecule has 0 saturated carbocycles. The predicted octanol–water partition coefficient (Wildman–Crippen LogP) is 3.72. The number of H-pyrrole nitrogens is 1. The molecule has 2 aromatic carbocycles. The minimum atomic E-state index is 0.769. The number of aromatic amines is 1. The van der Waals surface area contributed by atoms with Gasteiger partial charge in [0.1, 0.15) is 0 Å². The number of benzene rings is 2. The minimum Gasteiger partial charge on any atom is -0.380 e. The van der Waals surface area contributed by atoms with Gasteiger partial charge in [0.25, 0.3) is 0 Å². The lowest BCUT2D eigenvalue weighted by Gasteiger charge is -2.10. The molecule has 0 aliphatic carbocycles. The van der Waals surface area contributed by atoms with Crippen LogP contribution in [-0.2, 0) is 6.54 Å². The van der Waals surface area contributed by atoms with Crippen molar-refractivity contribution in [2.24, 2.45) is 0 Å². The summed E-state index contributed by atoms with van der Waals surface area (Å²) in [6, 6.07) is 14.5. The van der Waals surface area contributed by atoms with Gasteiger partial charge in [-0.05, 0) is 29.1 Å². The molecule has 4 nitrogen and oxygen atoms in total. The van der Waals surface area contributed by atoms with Gasteiger partial charge in [0.15, 0.2) is 0 Å². The second kappa shape index (κ2) is 4.90. The highest BCUT2D eigenvalue weighted by Gasteiger charge is 2.04. The minimum absolute atomic E-state index is 0.769. The summed E-state index contributed by atoms with van der Waals surface area (Å²) in [5, 5.41) is 14.1. The average molecular weight is 274 g/mol. The van der Waals surface area contributed by atoms with E-state index < -0.39 is 0 Å². The van der Waals surface area contributed by atoms with Gasteiger partial charge >= 0.3 is 0 Å². The van der Waals surface area contributed by atoms with E-state index >= 15 is 0 Å². The van der Waals surface area contributed by atoms with Gasteiger partial charge < -0.3 is 5.32 Å². The first-order valence-electron chi connectivity index (χ1n) is 6.89. The normalized spacial score (nSPS) is 11.0. The summed E-state index contributed by atoms with van der Waals surface area (Å²) in [6.07, 6.45) is 5.59. The fourth-order valence-corrected chi connectivity index (χ4v) is 2.66. The number of fused-ring (bicyclic) bond motifs is 2. The molecule has 2 aromatic heterocycles.